The molecule has 148 valence electrons. The minimum absolute atomic E-state index is 0.0187. The molecule has 0 saturated carbocycles. The van der Waals surface area contributed by atoms with Gasteiger partial charge in [-0.1, -0.05) is 36.4 Å². The summed E-state index contributed by atoms with van der Waals surface area (Å²) >= 11 is 0. The van der Waals surface area contributed by atoms with Crippen LogP contribution in [0.2, 0.25) is 0 Å². The molecule has 2 amide bonds. The van der Waals surface area contributed by atoms with Gasteiger partial charge in [-0.3, -0.25) is 14.4 Å². The molecule has 0 bridgehead atoms. The fraction of sp³-hybridized carbons (Fsp3) is 0.409. The van der Waals surface area contributed by atoms with E-state index in [9.17, 15) is 14.4 Å². The second-order valence-electron chi connectivity index (χ2n) is 7.65. The molecule has 0 radical (unpaired) electrons. The molecule has 6 nitrogen and oxygen atoms in total. The zero-order chi connectivity index (χ0) is 20.1. The van der Waals surface area contributed by atoms with Crippen molar-refractivity contribution in [2.45, 2.75) is 32.2 Å². The lowest BCUT2D eigenvalue weighted by Gasteiger charge is -2.39. The Morgan fingerprint density at radius 1 is 0.893 bits per heavy atom. The normalized spacial score (nSPS) is 14.8. The molecule has 28 heavy (non-hydrogen) atoms. The summed E-state index contributed by atoms with van der Waals surface area (Å²) in [5, 5.41) is 0. The molecule has 1 aliphatic heterocycles. The molecule has 0 spiro atoms. The third-order valence-corrected chi connectivity index (χ3v) is 5.42. The Bertz CT molecular complexity index is 881. The number of benzene rings is 1. The molecule has 6 heteroatoms. The molecule has 2 aromatic rings. The third-order valence-electron chi connectivity index (χ3n) is 5.42. The van der Waals surface area contributed by atoms with E-state index in [0.29, 0.717) is 32.7 Å². The van der Waals surface area contributed by atoms with Gasteiger partial charge < -0.3 is 14.4 Å². The maximum atomic E-state index is 13.0. The highest BCUT2D eigenvalue weighted by Gasteiger charge is 2.35. The van der Waals surface area contributed by atoms with Gasteiger partial charge in [0.2, 0.25) is 11.8 Å². The highest BCUT2D eigenvalue weighted by molar-refractivity contribution is 5.87. The van der Waals surface area contributed by atoms with Gasteiger partial charge in [0.15, 0.2) is 0 Å². The number of pyridine rings is 1. The van der Waals surface area contributed by atoms with Gasteiger partial charge >= 0.3 is 0 Å². The summed E-state index contributed by atoms with van der Waals surface area (Å²) in [6.07, 6.45) is 1.98. The number of hydrogen-bond donors (Lipinski definition) is 0. The lowest BCUT2D eigenvalue weighted by molar-refractivity contribution is -0.142. The van der Waals surface area contributed by atoms with Crippen molar-refractivity contribution in [2.24, 2.45) is 0 Å². The molecule has 1 fully saturated rings. The number of rotatable bonds is 5. The first kappa shape index (κ1) is 19.9. The number of aromatic nitrogens is 1. The Hall–Kier alpha value is -2.89. The van der Waals surface area contributed by atoms with E-state index < -0.39 is 5.41 Å². The van der Waals surface area contributed by atoms with E-state index in [1.165, 1.54) is 6.07 Å². The number of piperazine rings is 1. The predicted octanol–water partition coefficient (Wildman–Crippen LogP) is 1.89. The summed E-state index contributed by atoms with van der Waals surface area (Å²) in [6.45, 7) is 6.38. The zero-order valence-electron chi connectivity index (χ0n) is 16.5. The molecular weight excluding hydrogens is 354 g/mol. The summed E-state index contributed by atoms with van der Waals surface area (Å²) in [4.78, 5) is 40.9. The molecule has 1 aliphatic rings. The molecule has 1 aromatic carbocycles. The molecule has 2 heterocycles. The van der Waals surface area contributed by atoms with E-state index in [-0.39, 0.29) is 23.8 Å². The molecule has 0 aliphatic carbocycles. The number of carbonyl (C=O) groups is 2. The summed E-state index contributed by atoms with van der Waals surface area (Å²) in [6, 6.07) is 14.7. The number of nitrogens with zero attached hydrogens (tertiary/aromatic N) is 3. The van der Waals surface area contributed by atoms with Crippen molar-refractivity contribution in [3.8, 4) is 0 Å². The number of amides is 2. The largest absolute Gasteiger partial charge is 0.339 e. The van der Waals surface area contributed by atoms with Crippen molar-refractivity contribution in [1.29, 1.82) is 0 Å². The maximum absolute atomic E-state index is 13.0. The van der Waals surface area contributed by atoms with E-state index in [4.69, 9.17) is 0 Å². The van der Waals surface area contributed by atoms with E-state index in [2.05, 4.69) is 0 Å². The van der Waals surface area contributed by atoms with Crippen LogP contribution in [-0.2, 0) is 21.5 Å². The van der Waals surface area contributed by atoms with Crippen molar-refractivity contribution in [3.63, 3.8) is 0 Å². The summed E-state index contributed by atoms with van der Waals surface area (Å²) in [5.41, 5.74) is 0.294. The van der Waals surface area contributed by atoms with Crippen LogP contribution in [-0.4, -0.2) is 52.4 Å². The van der Waals surface area contributed by atoms with Crippen LogP contribution < -0.4 is 5.56 Å². The molecule has 0 unspecified atom stereocenters. The van der Waals surface area contributed by atoms with Crippen LogP contribution in [0.15, 0.2) is 59.5 Å². The van der Waals surface area contributed by atoms with Gasteiger partial charge in [-0.15, -0.1) is 0 Å². The Morgan fingerprint density at radius 3 is 2.14 bits per heavy atom. The standard InChI is InChI=1S/C22H27N3O3/c1-22(2,18-8-4-3-5-9-18)21(28)25-16-14-24(15-17-25)20(27)11-13-23-12-7-6-10-19(23)26/h3-10,12H,11,13-17H2,1-2H3. The number of aryl methyl sites for hydroxylation is 1. The SMILES string of the molecule is CC(C)(C(=O)N1CCN(C(=O)CCn2ccccc2=O)CC1)c1ccccc1. The van der Waals surface area contributed by atoms with Crippen LogP contribution in [0.3, 0.4) is 0 Å². The average molecular weight is 381 g/mol. The van der Waals surface area contributed by atoms with Gasteiger partial charge in [-0.25, -0.2) is 0 Å². The van der Waals surface area contributed by atoms with Crippen LogP contribution in [0, 0.1) is 0 Å². The Labute approximate surface area is 165 Å². The van der Waals surface area contributed by atoms with Crippen molar-refractivity contribution >= 4 is 11.8 Å². The second-order valence-corrected chi connectivity index (χ2v) is 7.65. The van der Waals surface area contributed by atoms with Crippen LogP contribution >= 0.6 is 0 Å². The number of carbonyl (C=O) groups excluding carboxylic acids is 2. The quantitative estimate of drug-likeness (QED) is 0.795. The second kappa shape index (κ2) is 8.42. The average Bonchev–Trinajstić information content (AvgIpc) is 2.73. The Kier molecular flexibility index (Phi) is 5.97. The first-order valence-electron chi connectivity index (χ1n) is 9.68. The fourth-order valence-electron chi connectivity index (χ4n) is 3.55. The molecular formula is C22H27N3O3. The van der Waals surface area contributed by atoms with Crippen molar-refractivity contribution in [1.82, 2.24) is 14.4 Å². The topological polar surface area (TPSA) is 62.6 Å². The van der Waals surface area contributed by atoms with Crippen molar-refractivity contribution in [3.05, 3.63) is 70.6 Å². The van der Waals surface area contributed by atoms with Crippen molar-refractivity contribution in [2.75, 3.05) is 26.2 Å². The first-order valence-corrected chi connectivity index (χ1v) is 9.68. The fourth-order valence-corrected chi connectivity index (χ4v) is 3.55. The molecule has 3 rings (SSSR count). The maximum Gasteiger partial charge on any atom is 0.250 e. The van der Waals surface area contributed by atoms with Gasteiger partial charge in [0.25, 0.3) is 5.56 Å². The van der Waals surface area contributed by atoms with Gasteiger partial charge in [0.1, 0.15) is 0 Å². The van der Waals surface area contributed by atoms with Crippen LogP contribution in [0.5, 0.6) is 0 Å². The summed E-state index contributed by atoms with van der Waals surface area (Å²) in [7, 11) is 0. The smallest absolute Gasteiger partial charge is 0.250 e. The number of hydrogen-bond acceptors (Lipinski definition) is 3. The zero-order valence-corrected chi connectivity index (χ0v) is 16.5. The lowest BCUT2D eigenvalue weighted by atomic mass is 9.83. The molecule has 0 N–H and O–H groups in total. The van der Waals surface area contributed by atoms with E-state index >= 15 is 0 Å². The molecule has 1 saturated heterocycles. The van der Waals surface area contributed by atoms with Crippen LogP contribution in [0.25, 0.3) is 0 Å². The summed E-state index contributed by atoms with van der Waals surface area (Å²) in [5.74, 6) is 0.104. The molecule has 0 atom stereocenters. The van der Waals surface area contributed by atoms with Crippen LogP contribution in [0.4, 0.5) is 0 Å². The predicted molar refractivity (Wildman–Crippen MR) is 108 cm³/mol. The summed E-state index contributed by atoms with van der Waals surface area (Å²) < 4.78 is 1.54. The van der Waals surface area contributed by atoms with E-state index in [0.717, 1.165) is 5.56 Å². The monoisotopic (exact) mass is 381 g/mol. The van der Waals surface area contributed by atoms with Crippen molar-refractivity contribution < 1.29 is 9.59 Å². The lowest BCUT2D eigenvalue weighted by Crippen LogP contribution is -2.54. The third kappa shape index (κ3) is 4.32. The van der Waals surface area contributed by atoms with Gasteiger partial charge in [0, 0.05) is 51.4 Å². The van der Waals surface area contributed by atoms with Crippen LogP contribution in [0.1, 0.15) is 25.8 Å². The van der Waals surface area contributed by atoms with Gasteiger partial charge in [0.05, 0.1) is 5.41 Å². The van der Waals surface area contributed by atoms with Gasteiger partial charge in [-0.05, 0) is 25.5 Å². The van der Waals surface area contributed by atoms with E-state index in [1.54, 1.807) is 27.8 Å². The minimum atomic E-state index is -0.595. The highest BCUT2D eigenvalue weighted by Crippen LogP contribution is 2.26. The Balaban J connectivity index is 1.54. The highest BCUT2D eigenvalue weighted by atomic mass is 16.2. The molecule has 1 aromatic heterocycles. The Morgan fingerprint density at radius 2 is 1.50 bits per heavy atom. The van der Waals surface area contributed by atoms with E-state index in [1.807, 2.05) is 49.1 Å². The van der Waals surface area contributed by atoms with Gasteiger partial charge in [-0.2, -0.15) is 0 Å². The minimum Gasteiger partial charge on any atom is -0.339 e. The first-order chi connectivity index (χ1) is 13.4.